The summed E-state index contributed by atoms with van der Waals surface area (Å²) >= 11 is 0. The summed E-state index contributed by atoms with van der Waals surface area (Å²) in [6.07, 6.45) is 3.73. The van der Waals surface area contributed by atoms with Crippen molar-refractivity contribution < 1.29 is 14.3 Å². The van der Waals surface area contributed by atoms with Crippen LogP contribution in [0.4, 0.5) is 5.69 Å². The highest BCUT2D eigenvalue weighted by molar-refractivity contribution is 5.92. The number of carbonyl (C=O) groups excluding carboxylic acids is 1. The number of rotatable bonds is 5. The van der Waals surface area contributed by atoms with Gasteiger partial charge in [-0.3, -0.25) is 9.48 Å². The lowest BCUT2D eigenvalue weighted by molar-refractivity contribution is -0.115. The molecule has 0 fully saturated rings. The molecule has 1 aromatic heterocycles. The van der Waals surface area contributed by atoms with Crippen LogP contribution in [0.15, 0.2) is 30.6 Å². The van der Waals surface area contributed by atoms with Gasteiger partial charge in [0.1, 0.15) is 0 Å². The molecule has 0 saturated heterocycles. The van der Waals surface area contributed by atoms with Gasteiger partial charge in [-0.25, -0.2) is 0 Å². The molecule has 0 aliphatic carbocycles. The van der Waals surface area contributed by atoms with Crippen molar-refractivity contribution in [1.82, 2.24) is 9.78 Å². The second-order valence-electron chi connectivity index (χ2n) is 6.26. The molecular weight excluding hydrogens is 294 g/mol. The summed E-state index contributed by atoms with van der Waals surface area (Å²) in [5.41, 5.74) is 1.42. The SMILES string of the molecule is COc1ccc(CC(=O)Nc2cnn(C(C)(C)C)c2)cc1OC. The maximum Gasteiger partial charge on any atom is 0.228 e. The molecular formula is C17H23N3O3. The first kappa shape index (κ1) is 16.9. The van der Waals surface area contributed by atoms with Gasteiger partial charge in [0.2, 0.25) is 5.91 Å². The van der Waals surface area contributed by atoms with E-state index >= 15 is 0 Å². The lowest BCUT2D eigenvalue weighted by Crippen LogP contribution is -2.22. The third-order valence-electron chi connectivity index (χ3n) is 3.37. The minimum Gasteiger partial charge on any atom is -0.493 e. The molecule has 0 radical (unpaired) electrons. The van der Waals surface area contributed by atoms with Gasteiger partial charge in [-0.1, -0.05) is 6.07 Å². The van der Waals surface area contributed by atoms with E-state index < -0.39 is 0 Å². The number of ether oxygens (including phenoxy) is 2. The van der Waals surface area contributed by atoms with Crippen LogP contribution in [0.2, 0.25) is 0 Å². The number of benzene rings is 1. The molecule has 124 valence electrons. The first-order valence-corrected chi connectivity index (χ1v) is 7.39. The minimum atomic E-state index is -0.119. The highest BCUT2D eigenvalue weighted by atomic mass is 16.5. The molecule has 0 spiro atoms. The Morgan fingerprint density at radius 1 is 1.22 bits per heavy atom. The molecule has 2 aromatic rings. The first-order chi connectivity index (χ1) is 10.8. The maximum atomic E-state index is 12.2. The molecule has 0 atom stereocenters. The number of hydrogen-bond acceptors (Lipinski definition) is 4. The molecule has 23 heavy (non-hydrogen) atoms. The van der Waals surface area contributed by atoms with Gasteiger partial charge in [-0.15, -0.1) is 0 Å². The fourth-order valence-electron chi connectivity index (χ4n) is 2.14. The van der Waals surface area contributed by atoms with Crippen LogP contribution >= 0.6 is 0 Å². The number of hydrogen-bond donors (Lipinski definition) is 1. The van der Waals surface area contributed by atoms with Gasteiger partial charge in [-0.05, 0) is 38.5 Å². The zero-order valence-electron chi connectivity index (χ0n) is 14.2. The third kappa shape index (κ3) is 4.25. The minimum absolute atomic E-state index is 0.106. The van der Waals surface area contributed by atoms with Crippen LogP contribution in [0.1, 0.15) is 26.3 Å². The van der Waals surface area contributed by atoms with E-state index in [1.54, 1.807) is 32.5 Å². The summed E-state index contributed by atoms with van der Waals surface area (Å²) in [7, 11) is 3.15. The average molecular weight is 317 g/mol. The van der Waals surface area contributed by atoms with E-state index in [0.717, 1.165) is 5.56 Å². The van der Waals surface area contributed by atoms with Gasteiger partial charge in [0.15, 0.2) is 11.5 Å². The number of aromatic nitrogens is 2. The number of nitrogens with one attached hydrogen (secondary N) is 1. The van der Waals surface area contributed by atoms with E-state index in [1.165, 1.54) is 0 Å². The van der Waals surface area contributed by atoms with E-state index in [0.29, 0.717) is 17.2 Å². The lowest BCUT2D eigenvalue weighted by atomic mass is 10.1. The van der Waals surface area contributed by atoms with Crippen molar-refractivity contribution in [3.05, 3.63) is 36.2 Å². The van der Waals surface area contributed by atoms with Crippen molar-refractivity contribution in [2.45, 2.75) is 32.7 Å². The van der Waals surface area contributed by atoms with Crippen LogP contribution in [0.25, 0.3) is 0 Å². The molecule has 1 aromatic carbocycles. The predicted molar refractivity (Wildman–Crippen MR) is 89.1 cm³/mol. The Labute approximate surface area is 136 Å². The molecule has 1 amide bonds. The molecule has 0 aliphatic heterocycles. The number of anilines is 1. The van der Waals surface area contributed by atoms with Crippen LogP contribution in [-0.2, 0) is 16.8 Å². The average Bonchev–Trinajstić information content (AvgIpc) is 2.95. The standard InChI is InChI=1S/C17H23N3O3/c1-17(2,3)20-11-13(10-18-20)19-16(21)9-12-6-7-14(22-4)15(8-12)23-5/h6-8,10-11H,9H2,1-5H3,(H,19,21). The quantitative estimate of drug-likeness (QED) is 0.921. The monoisotopic (exact) mass is 317 g/mol. The van der Waals surface area contributed by atoms with Gasteiger partial charge >= 0.3 is 0 Å². The second-order valence-corrected chi connectivity index (χ2v) is 6.26. The molecule has 0 bridgehead atoms. The summed E-state index contributed by atoms with van der Waals surface area (Å²) in [6, 6.07) is 5.44. The van der Waals surface area contributed by atoms with E-state index in [1.807, 2.05) is 16.9 Å². The Morgan fingerprint density at radius 3 is 2.48 bits per heavy atom. The number of methoxy groups -OCH3 is 2. The smallest absolute Gasteiger partial charge is 0.228 e. The predicted octanol–water partition coefficient (Wildman–Crippen LogP) is 2.84. The van der Waals surface area contributed by atoms with Crippen molar-refractivity contribution in [2.75, 3.05) is 19.5 Å². The van der Waals surface area contributed by atoms with Crippen LogP contribution < -0.4 is 14.8 Å². The van der Waals surface area contributed by atoms with Crippen molar-refractivity contribution >= 4 is 11.6 Å². The topological polar surface area (TPSA) is 65.4 Å². The van der Waals surface area contributed by atoms with Crippen molar-refractivity contribution in [3.8, 4) is 11.5 Å². The van der Waals surface area contributed by atoms with Crippen molar-refractivity contribution in [3.63, 3.8) is 0 Å². The Hall–Kier alpha value is -2.50. The van der Waals surface area contributed by atoms with Crippen LogP contribution in [0.5, 0.6) is 11.5 Å². The summed E-state index contributed by atoms with van der Waals surface area (Å²) < 4.78 is 12.3. The Morgan fingerprint density at radius 2 is 1.91 bits per heavy atom. The van der Waals surface area contributed by atoms with Gasteiger partial charge in [0.05, 0.1) is 38.1 Å². The van der Waals surface area contributed by atoms with E-state index in [9.17, 15) is 4.79 Å². The molecule has 0 saturated carbocycles. The number of amides is 1. The fraction of sp³-hybridized carbons (Fsp3) is 0.412. The summed E-state index contributed by atoms with van der Waals surface area (Å²) in [4.78, 5) is 12.2. The Balaban J connectivity index is 2.03. The van der Waals surface area contributed by atoms with Crippen molar-refractivity contribution in [1.29, 1.82) is 0 Å². The van der Waals surface area contributed by atoms with E-state index in [4.69, 9.17) is 9.47 Å². The summed E-state index contributed by atoms with van der Waals surface area (Å²) in [5, 5.41) is 7.12. The van der Waals surface area contributed by atoms with Crippen LogP contribution in [0.3, 0.4) is 0 Å². The molecule has 1 heterocycles. The third-order valence-corrected chi connectivity index (χ3v) is 3.37. The Kier molecular flexibility index (Phi) is 4.93. The van der Waals surface area contributed by atoms with E-state index in [-0.39, 0.29) is 17.9 Å². The van der Waals surface area contributed by atoms with Crippen LogP contribution in [0, 0.1) is 0 Å². The highest BCUT2D eigenvalue weighted by Crippen LogP contribution is 2.27. The molecule has 6 heteroatoms. The van der Waals surface area contributed by atoms with Crippen LogP contribution in [-0.4, -0.2) is 29.9 Å². The second kappa shape index (κ2) is 6.73. The Bertz CT molecular complexity index is 687. The summed E-state index contributed by atoms with van der Waals surface area (Å²) in [5.74, 6) is 1.15. The fourth-order valence-corrected chi connectivity index (χ4v) is 2.14. The van der Waals surface area contributed by atoms with Gasteiger partial charge in [-0.2, -0.15) is 5.10 Å². The first-order valence-electron chi connectivity index (χ1n) is 7.39. The molecule has 0 unspecified atom stereocenters. The van der Waals surface area contributed by atoms with Gasteiger partial charge in [0.25, 0.3) is 0 Å². The molecule has 1 N–H and O–H groups in total. The normalized spacial score (nSPS) is 11.2. The maximum absolute atomic E-state index is 12.2. The number of nitrogens with zero attached hydrogens (tertiary/aromatic N) is 2. The zero-order valence-corrected chi connectivity index (χ0v) is 14.2. The molecule has 2 rings (SSSR count). The van der Waals surface area contributed by atoms with Gasteiger partial charge < -0.3 is 14.8 Å². The zero-order chi connectivity index (χ0) is 17.0. The molecule has 0 aliphatic rings. The van der Waals surface area contributed by atoms with E-state index in [2.05, 4.69) is 31.2 Å². The van der Waals surface area contributed by atoms with Gasteiger partial charge in [0, 0.05) is 6.20 Å². The largest absolute Gasteiger partial charge is 0.493 e. The van der Waals surface area contributed by atoms with Crippen molar-refractivity contribution in [2.24, 2.45) is 0 Å². The number of carbonyl (C=O) groups is 1. The highest BCUT2D eigenvalue weighted by Gasteiger charge is 2.15. The molecule has 6 nitrogen and oxygen atoms in total. The summed E-state index contributed by atoms with van der Waals surface area (Å²) in [6.45, 7) is 6.15. The lowest BCUT2D eigenvalue weighted by Gasteiger charge is -2.18.